The summed E-state index contributed by atoms with van der Waals surface area (Å²) in [6.07, 6.45) is 7.63. The number of unbranched alkanes of at least 4 members (excludes halogenated alkanes) is 4. The van der Waals surface area contributed by atoms with Crippen molar-refractivity contribution in [2.45, 2.75) is 70.8 Å². The highest BCUT2D eigenvalue weighted by Gasteiger charge is 2.10. The standard InChI is InChI=1S/C13H25NO3/c1-2-3-5-8-11(15)9-6-4-7-10-12(14)13(16)17/h12H,2-10,14H2,1H3,(H,16,17)/t12-/m0/s1. The molecule has 17 heavy (non-hydrogen) atoms. The van der Waals surface area contributed by atoms with Gasteiger partial charge in [-0.15, -0.1) is 0 Å². The number of hydrogen-bond acceptors (Lipinski definition) is 3. The van der Waals surface area contributed by atoms with Crippen molar-refractivity contribution in [3.63, 3.8) is 0 Å². The maximum Gasteiger partial charge on any atom is 0.320 e. The second-order valence-electron chi connectivity index (χ2n) is 4.54. The molecule has 4 nitrogen and oxygen atoms in total. The van der Waals surface area contributed by atoms with Gasteiger partial charge in [0.25, 0.3) is 0 Å². The third-order valence-electron chi connectivity index (χ3n) is 2.85. The van der Waals surface area contributed by atoms with Gasteiger partial charge < -0.3 is 10.8 Å². The lowest BCUT2D eigenvalue weighted by atomic mass is 10.0. The number of hydrogen-bond donors (Lipinski definition) is 2. The molecule has 0 fully saturated rings. The SMILES string of the molecule is CCCCCC(=O)CCCCC[C@H](N)C(=O)O. The number of carbonyl (C=O) groups is 2. The summed E-state index contributed by atoms with van der Waals surface area (Å²) in [5.74, 6) is -0.610. The molecule has 0 aromatic heterocycles. The zero-order chi connectivity index (χ0) is 13.1. The van der Waals surface area contributed by atoms with Crippen molar-refractivity contribution in [3.05, 3.63) is 0 Å². The number of nitrogens with two attached hydrogens (primary N) is 1. The molecule has 3 N–H and O–H groups in total. The van der Waals surface area contributed by atoms with Crippen molar-refractivity contribution >= 4 is 11.8 Å². The Morgan fingerprint density at radius 3 is 2.18 bits per heavy atom. The Morgan fingerprint density at radius 2 is 1.65 bits per heavy atom. The lowest BCUT2D eigenvalue weighted by molar-refractivity contribution is -0.138. The monoisotopic (exact) mass is 243 g/mol. The summed E-state index contributed by atoms with van der Waals surface area (Å²) in [7, 11) is 0. The van der Waals surface area contributed by atoms with Crippen molar-refractivity contribution in [3.8, 4) is 0 Å². The van der Waals surface area contributed by atoms with Crippen molar-refractivity contribution in [1.82, 2.24) is 0 Å². The van der Waals surface area contributed by atoms with E-state index in [4.69, 9.17) is 10.8 Å². The van der Waals surface area contributed by atoms with E-state index in [1.165, 1.54) is 0 Å². The van der Waals surface area contributed by atoms with Gasteiger partial charge in [-0.3, -0.25) is 9.59 Å². The molecule has 0 saturated heterocycles. The fourth-order valence-electron chi connectivity index (χ4n) is 1.68. The van der Waals surface area contributed by atoms with E-state index in [2.05, 4.69) is 6.92 Å². The second-order valence-corrected chi connectivity index (χ2v) is 4.54. The van der Waals surface area contributed by atoms with Crippen molar-refractivity contribution < 1.29 is 14.7 Å². The predicted octanol–water partition coefficient (Wildman–Crippen LogP) is 2.50. The summed E-state index contributed by atoms with van der Waals surface area (Å²) in [4.78, 5) is 21.8. The van der Waals surface area contributed by atoms with Crippen molar-refractivity contribution in [2.24, 2.45) is 5.73 Å². The Hall–Kier alpha value is -0.900. The Morgan fingerprint density at radius 1 is 1.06 bits per heavy atom. The van der Waals surface area contributed by atoms with E-state index in [9.17, 15) is 9.59 Å². The average molecular weight is 243 g/mol. The van der Waals surface area contributed by atoms with E-state index in [-0.39, 0.29) is 0 Å². The molecule has 1 atom stereocenters. The van der Waals surface area contributed by atoms with E-state index in [1.54, 1.807) is 0 Å². The van der Waals surface area contributed by atoms with Crippen LogP contribution < -0.4 is 5.73 Å². The largest absolute Gasteiger partial charge is 0.480 e. The normalized spacial score (nSPS) is 12.4. The Kier molecular flexibility index (Phi) is 9.72. The van der Waals surface area contributed by atoms with Crippen molar-refractivity contribution in [2.75, 3.05) is 0 Å². The van der Waals surface area contributed by atoms with Crippen LogP contribution in [0.15, 0.2) is 0 Å². The number of carbonyl (C=O) groups excluding carboxylic acids is 1. The highest BCUT2D eigenvalue weighted by Crippen LogP contribution is 2.08. The van der Waals surface area contributed by atoms with Crippen LogP contribution in [0.1, 0.15) is 64.7 Å². The molecule has 0 aliphatic carbocycles. The van der Waals surface area contributed by atoms with E-state index in [0.29, 0.717) is 25.0 Å². The Labute approximate surface area is 104 Å². The van der Waals surface area contributed by atoms with Crippen molar-refractivity contribution in [1.29, 1.82) is 0 Å². The summed E-state index contributed by atoms with van der Waals surface area (Å²) in [5.41, 5.74) is 5.37. The molecule has 0 heterocycles. The van der Waals surface area contributed by atoms with Gasteiger partial charge in [0.2, 0.25) is 0 Å². The summed E-state index contributed by atoms with van der Waals surface area (Å²) < 4.78 is 0. The van der Waals surface area contributed by atoms with Crippen LogP contribution in [-0.2, 0) is 9.59 Å². The fraction of sp³-hybridized carbons (Fsp3) is 0.846. The number of rotatable bonds is 11. The minimum atomic E-state index is -0.944. The van der Waals surface area contributed by atoms with Crippen LogP contribution in [0.3, 0.4) is 0 Å². The number of carboxylic acids is 1. The van der Waals surface area contributed by atoms with Gasteiger partial charge in [-0.25, -0.2) is 0 Å². The summed E-state index contributed by atoms with van der Waals surface area (Å²) in [5, 5.41) is 8.57. The molecule has 0 aliphatic rings. The topological polar surface area (TPSA) is 80.4 Å². The van der Waals surface area contributed by atoms with Crippen LogP contribution in [0, 0.1) is 0 Å². The molecule has 0 unspecified atom stereocenters. The first-order valence-electron chi connectivity index (χ1n) is 6.58. The van der Waals surface area contributed by atoms with Crippen LogP contribution in [0.2, 0.25) is 0 Å². The van der Waals surface area contributed by atoms with Crippen LogP contribution in [0.4, 0.5) is 0 Å². The van der Waals surface area contributed by atoms with Gasteiger partial charge in [0, 0.05) is 12.8 Å². The molecule has 100 valence electrons. The third-order valence-corrected chi connectivity index (χ3v) is 2.85. The van der Waals surface area contributed by atoms with E-state index < -0.39 is 12.0 Å². The molecule has 0 bridgehead atoms. The lowest BCUT2D eigenvalue weighted by Gasteiger charge is -2.05. The second kappa shape index (κ2) is 10.3. The third kappa shape index (κ3) is 10.00. The van der Waals surface area contributed by atoms with Gasteiger partial charge in [0.05, 0.1) is 0 Å². The highest BCUT2D eigenvalue weighted by atomic mass is 16.4. The average Bonchev–Trinajstić information content (AvgIpc) is 2.28. The maximum absolute atomic E-state index is 11.4. The Balaban J connectivity index is 3.33. The van der Waals surface area contributed by atoms with Crippen LogP contribution in [0.5, 0.6) is 0 Å². The predicted molar refractivity (Wildman–Crippen MR) is 67.8 cm³/mol. The summed E-state index contributed by atoms with van der Waals surface area (Å²) in [6, 6.07) is -0.754. The Bertz CT molecular complexity index is 229. The zero-order valence-corrected chi connectivity index (χ0v) is 10.8. The molecule has 0 amide bonds. The van der Waals surface area contributed by atoms with Gasteiger partial charge in [-0.05, 0) is 19.3 Å². The van der Waals surface area contributed by atoms with E-state index in [0.717, 1.165) is 38.5 Å². The molecule has 0 radical (unpaired) electrons. The van der Waals surface area contributed by atoms with Crippen LogP contribution in [0.25, 0.3) is 0 Å². The first kappa shape index (κ1) is 16.1. The van der Waals surface area contributed by atoms with Gasteiger partial charge in [0.1, 0.15) is 11.8 Å². The maximum atomic E-state index is 11.4. The first-order chi connectivity index (χ1) is 8.07. The quantitative estimate of drug-likeness (QED) is 0.546. The van der Waals surface area contributed by atoms with Gasteiger partial charge in [-0.1, -0.05) is 32.6 Å². The molecule has 0 aromatic carbocycles. The number of Topliss-reactive ketones (excluding diaryl/α,β-unsaturated/α-hetero) is 1. The molecule has 0 aromatic rings. The minimum absolute atomic E-state index is 0.334. The molecule has 4 heteroatoms. The lowest BCUT2D eigenvalue weighted by Crippen LogP contribution is -2.29. The molecule has 0 rings (SSSR count). The van der Waals surface area contributed by atoms with Gasteiger partial charge in [-0.2, -0.15) is 0 Å². The number of aliphatic carboxylic acids is 1. The van der Waals surface area contributed by atoms with Gasteiger partial charge in [0.15, 0.2) is 0 Å². The summed E-state index contributed by atoms with van der Waals surface area (Å²) in [6.45, 7) is 2.12. The first-order valence-corrected chi connectivity index (χ1v) is 6.58. The molecule has 0 saturated carbocycles. The zero-order valence-electron chi connectivity index (χ0n) is 10.8. The smallest absolute Gasteiger partial charge is 0.320 e. The van der Waals surface area contributed by atoms with Crippen LogP contribution in [-0.4, -0.2) is 22.9 Å². The molecule has 0 spiro atoms. The molecular formula is C13H25NO3. The van der Waals surface area contributed by atoms with Gasteiger partial charge >= 0.3 is 5.97 Å². The molecule has 0 aliphatic heterocycles. The number of carboxylic acid groups (broad SMARTS) is 1. The highest BCUT2D eigenvalue weighted by molar-refractivity contribution is 5.78. The number of ketones is 1. The molecular weight excluding hydrogens is 218 g/mol. The minimum Gasteiger partial charge on any atom is -0.480 e. The van der Waals surface area contributed by atoms with Crippen LogP contribution >= 0.6 is 0 Å². The fourth-order valence-corrected chi connectivity index (χ4v) is 1.68. The van der Waals surface area contributed by atoms with E-state index in [1.807, 2.05) is 0 Å². The van der Waals surface area contributed by atoms with E-state index >= 15 is 0 Å². The summed E-state index contributed by atoms with van der Waals surface area (Å²) >= 11 is 0.